The summed E-state index contributed by atoms with van der Waals surface area (Å²) in [5.41, 5.74) is 7.06. The van der Waals surface area contributed by atoms with Crippen LogP contribution in [-0.4, -0.2) is 31.1 Å². The number of rotatable bonds is 8. The third-order valence-electron chi connectivity index (χ3n) is 15.1. The monoisotopic (exact) mass is 606 g/mol. The van der Waals surface area contributed by atoms with Crippen LogP contribution in [0.15, 0.2) is 12.2 Å². The van der Waals surface area contributed by atoms with Gasteiger partial charge in [0.25, 0.3) is 0 Å². The quantitative estimate of drug-likeness (QED) is 0.129. The number of terminal acetylenes is 1. The smallest absolute Gasteiger partial charge is 0.302 e. The molecule has 0 aromatic carbocycles. The van der Waals surface area contributed by atoms with E-state index in [1.807, 2.05) is 0 Å². The molecule has 0 bridgehead atoms. The Morgan fingerprint density at radius 2 is 1.68 bits per heavy atom. The summed E-state index contributed by atoms with van der Waals surface area (Å²) < 4.78 is 6.10. The first-order valence-corrected chi connectivity index (χ1v) is 17.9. The topological polar surface area (TPSA) is 81.4 Å². The van der Waals surface area contributed by atoms with E-state index in [2.05, 4.69) is 59.4 Å². The zero-order valence-electron chi connectivity index (χ0n) is 29.0. The highest BCUT2D eigenvalue weighted by Gasteiger charge is 2.72. The zero-order chi connectivity index (χ0) is 32.3. The van der Waals surface area contributed by atoms with Gasteiger partial charge in [0.1, 0.15) is 6.10 Å². The van der Waals surface area contributed by atoms with Crippen LogP contribution in [0.5, 0.6) is 0 Å². The maximum atomic E-state index is 14.2. The second-order valence-electron chi connectivity index (χ2n) is 17.3. The van der Waals surface area contributed by atoms with Gasteiger partial charge in [-0.05, 0) is 130 Å². The molecule has 0 radical (unpaired) electrons. The first kappa shape index (κ1) is 33.6. The molecule has 0 aromatic heterocycles. The fourth-order valence-electron chi connectivity index (χ4n) is 13.3. The van der Waals surface area contributed by atoms with Crippen LogP contribution < -0.4 is 11.1 Å². The Labute approximate surface area is 268 Å². The molecule has 3 N–H and O–H groups in total. The van der Waals surface area contributed by atoms with Gasteiger partial charge in [-0.1, -0.05) is 46.8 Å². The highest BCUT2D eigenvalue weighted by molar-refractivity contribution is 5.83. The highest BCUT2D eigenvalue weighted by atomic mass is 16.5. The van der Waals surface area contributed by atoms with E-state index >= 15 is 0 Å². The molecular weight excluding hydrogens is 544 g/mol. The van der Waals surface area contributed by atoms with Crippen molar-refractivity contribution in [1.29, 1.82) is 0 Å². The molecule has 5 aliphatic rings. The van der Waals surface area contributed by atoms with Crippen LogP contribution in [-0.2, 0) is 14.3 Å². The van der Waals surface area contributed by atoms with Gasteiger partial charge >= 0.3 is 5.97 Å². The Bertz CT molecular complexity index is 1190. The van der Waals surface area contributed by atoms with Crippen molar-refractivity contribution >= 4 is 11.9 Å². The number of fused-ring (bicyclic) bond motifs is 7. The van der Waals surface area contributed by atoms with Crippen LogP contribution in [0.25, 0.3) is 0 Å². The lowest BCUT2D eigenvalue weighted by Gasteiger charge is -2.73. The minimum absolute atomic E-state index is 0.126. The standard InChI is InChI=1S/C39H62N2O3/c1-10-13-27-24-36(7)30(35(5,6)33(27)44-26(4)42)17-18-38(9)31(36)15-14-29-32-28(25(2)3)16-19-39(32,21-20-37(29,38)8)34(43)41-23-12-11-22-40/h1,27-33H,2,11-24,40H2,3-9H3,(H,41,43)/t27-,28?,29-,30+,31-,32-,33+,36+,37-,38-,39+/m1/s1. The molecule has 1 amide bonds. The van der Waals surface area contributed by atoms with Crippen LogP contribution in [0.3, 0.4) is 0 Å². The predicted molar refractivity (Wildman–Crippen MR) is 178 cm³/mol. The molecule has 5 saturated carbocycles. The van der Waals surface area contributed by atoms with Gasteiger partial charge in [0, 0.05) is 31.2 Å². The number of amides is 1. The first-order chi connectivity index (χ1) is 20.6. The molecule has 5 heteroatoms. The van der Waals surface area contributed by atoms with Crippen LogP contribution in [0, 0.1) is 74.9 Å². The lowest BCUT2D eigenvalue weighted by atomic mass is 9.31. The maximum absolute atomic E-state index is 14.2. The van der Waals surface area contributed by atoms with Crippen molar-refractivity contribution < 1.29 is 14.3 Å². The lowest BCUT2D eigenvalue weighted by Crippen LogP contribution is -2.68. The number of nitrogens with one attached hydrogen (secondary N) is 1. The number of hydrogen-bond acceptors (Lipinski definition) is 4. The highest BCUT2D eigenvalue weighted by Crippen LogP contribution is 2.78. The largest absolute Gasteiger partial charge is 0.462 e. The molecule has 5 nitrogen and oxygen atoms in total. The van der Waals surface area contributed by atoms with E-state index in [9.17, 15) is 9.59 Å². The Morgan fingerprint density at radius 3 is 2.32 bits per heavy atom. The van der Waals surface area contributed by atoms with E-state index in [1.54, 1.807) is 6.92 Å². The molecule has 1 unspecified atom stereocenters. The maximum Gasteiger partial charge on any atom is 0.302 e. The first-order valence-electron chi connectivity index (χ1n) is 17.9. The van der Waals surface area contributed by atoms with Crippen molar-refractivity contribution in [1.82, 2.24) is 5.32 Å². The number of carbonyl (C=O) groups excluding carboxylic acids is 2. The molecule has 5 rings (SSSR count). The third-order valence-corrected chi connectivity index (χ3v) is 15.1. The van der Waals surface area contributed by atoms with Gasteiger partial charge in [0.2, 0.25) is 5.91 Å². The molecule has 0 aliphatic heterocycles. The minimum atomic E-state index is -0.275. The van der Waals surface area contributed by atoms with E-state index in [1.165, 1.54) is 24.8 Å². The van der Waals surface area contributed by atoms with Crippen molar-refractivity contribution in [2.75, 3.05) is 13.1 Å². The molecule has 5 aliphatic carbocycles. The number of carbonyl (C=O) groups is 2. The van der Waals surface area contributed by atoms with Gasteiger partial charge in [0.05, 0.1) is 5.41 Å². The third kappa shape index (κ3) is 4.82. The van der Waals surface area contributed by atoms with E-state index < -0.39 is 0 Å². The molecule has 246 valence electrons. The summed E-state index contributed by atoms with van der Waals surface area (Å²) in [6.07, 6.45) is 18.3. The minimum Gasteiger partial charge on any atom is -0.462 e. The number of unbranched alkanes of at least 4 members (excludes halogenated alkanes) is 1. The number of esters is 1. The predicted octanol–water partition coefficient (Wildman–Crippen LogP) is 7.68. The van der Waals surface area contributed by atoms with Crippen LogP contribution in [0.4, 0.5) is 0 Å². The summed E-state index contributed by atoms with van der Waals surface area (Å²) in [6, 6.07) is 0. The molecule has 5 fully saturated rings. The number of hydrogen-bond donors (Lipinski definition) is 2. The van der Waals surface area contributed by atoms with E-state index in [0.717, 1.165) is 57.9 Å². The number of allylic oxidation sites excluding steroid dienone is 1. The Morgan fingerprint density at radius 1 is 0.955 bits per heavy atom. The van der Waals surface area contributed by atoms with Crippen LogP contribution >= 0.6 is 0 Å². The zero-order valence-corrected chi connectivity index (χ0v) is 29.0. The number of ether oxygens (including phenoxy) is 1. The van der Waals surface area contributed by atoms with Gasteiger partial charge in [-0.2, -0.15) is 0 Å². The van der Waals surface area contributed by atoms with E-state index in [0.29, 0.717) is 48.5 Å². The van der Waals surface area contributed by atoms with E-state index in [4.69, 9.17) is 16.9 Å². The van der Waals surface area contributed by atoms with Crippen molar-refractivity contribution in [3.8, 4) is 12.3 Å². The Balaban J connectivity index is 1.50. The molecule has 0 heterocycles. The van der Waals surface area contributed by atoms with Gasteiger partial charge in [0.15, 0.2) is 0 Å². The second-order valence-corrected chi connectivity index (χ2v) is 17.3. The SMILES string of the molecule is C#CC[C@@H]1C[C@]2(C)[C@H]3CC[C@@H]4[C@H]5C(C(=C)C)CC[C@]5(C(=O)NCCCCN)CC[C@@]4(C)[C@]3(C)CC[C@H]2C(C)(C)[C@H]1OC(C)=O. The van der Waals surface area contributed by atoms with Gasteiger partial charge in [-0.3, -0.25) is 9.59 Å². The van der Waals surface area contributed by atoms with Gasteiger partial charge in [-0.25, -0.2) is 0 Å². The lowest BCUT2D eigenvalue weighted by molar-refractivity contribution is -0.258. The fourth-order valence-corrected chi connectivity index (χ4v) is 13.3. The average molecular weight is 607 g/mol. The summed E-state index contributed by atoms with van der Waals surface area (Å²) in [5, 5.41) is 3.39. The van der Waals surface area contributed by atoms with Gasteiger partial charge in [-0.15, -0.1) is 12.3 Å². The molecule has 44 heavy (non-hydrogen) atoms. The van der Waals surface area contributed by atoms with Crippen molar-refractivity contribution in [2.45, 2.75) is 132 Å². The Hall–Kier alpha value is -1.80. The summed E-state index contributed by atoms with van der Waals surface area (Å²) in [4.78, 5) is 26.4. The van der Waals surface area contributed by atoms with Crippen LogP contribution in [0.2, 0.25) is 0 Å². The second kappa shape index (κ2) is 11.8. The normalized spacial score (nSPS) is 45.5. The van der Waals surface area contributed by atoms with Crippen molar-refractivity contribution in [2.24, 2.45) is 68.3 Å². The molecule has 0 saturated heterocycles. The van der Waals surface area contributed by atoms with Crippen LogP contribution in [0.1, 0.15) is 126 Å². The molecule has 11 atom stereocenters. The summed E-state index contributed by atoms with van der Waals surface area (Å²) >= 11 is 0. The Kier molecular flexibility index (Phi) is 8.98. The fraction of sp³-hybridized carbons (Fsp3) is 0.846. The number of nitrogens with two attached hydrogens (primary N) is 1. The van der Waals surface area contributed by atoms with Crippen molar-refractivity contribution in [3.05, 3.63) is 12.2 Å². The molecule has 0 aromatic rings. The van der Waals surface area contributed by atoms with Gasteiger partial charge < -0.3 is 15.8 Å². The summed E-state index contributed by atoms with van der Waals surface area (Å²) in [7, 11) is 0. The van der Waals surface area contributed by atoms with E-state index in [-0.39, 0.29) is 45.1 Å². The average Bonchev–Trinajstić information content (AvgIpc) is 3.35. The molecular formula is C39H62N2O3. The molecule has 0 spiro atoms. The summed E-state index contributed by atoms with van der Waals surface area (Å²) in [5.74, 6) is 5.59. The summed E-state index contributed by atoms with van der Waals surface area (Å²) in [6.45, 7) is 22.2. The van der Waals surface area contributed by atoms with Crippen molar-refractivity contribution in [3.63, 3.8) is 0 Å².